The van der Waals surface area contributed by atoms with Crippen molar-refractivity contribution in [2.45, 2.75) is 35.7 Å². The topological polar surface area (TPSA) is 81.4 Å². The first-order chi connectivity index (χ1) is 8.81. The van der Waals surface area contributed by atoms with Crippen molar-refractivity contribution >= 4 is 11.8 Å². The predicted molar refractivity (Wildman–Crippen MR) is 64.8 cm³/mol. The third-order valence-electron chi connectivity index (χ3n) is 2.62. The van der Waals surface area contributed by atoms with Gasteiger partial charge >= 0.3 is 0 Å². The minimum absolute atomic E-state index is 0.656. The summed E-state index contributed by atoms with van der Waals surface area (Å²) in [5, 5.41) is 16.0. The zero-order valence-corrected chi connectivity index (χ0v) is 10.8. The van der Waals surface area contributed by atoms with Crippen LogP contribution in [0.4, 0.5) is 0 Å². The maximum atomic E-state index is 4.30. The minimum atomic E-state index is 0.656. The fraction of sp³-hybridized carbons (Fsp3) is 0.500. The van der Waals surface area contributed by atoms with Crippen LogP contribution in [0.1, 0.15) is 18.4 Å². The number of hydrogen-bond donors (Lipinski definition) is 1. The highest BCUT2D eigenvalue weighted by molar-refractivity contribution is 7.99. The van der Waals surface area contributed by atoms with Crippen molar-refractivity contribution in [2.24, 2.45) is 7.05 Å². The average molecular weight is 263 g/mol. The molecule has 18 heavy (non-hydrogen) atoms. The molecule has 0 saturated heterocycles. The van der Waals surface area contributed by atoms with Crippen molar-refractivity contribution in [2.75, 3.05) is 0 Å². The largest absolute Gasteiger partial charge is 0.310 e. The molecule has 0 aromatic carbocycles. The molecule has 8 heteroatoms. The standard InChI is InChI=1S/C10H13N7S/c1-17-10(14-15-16-17)18-9-12-5-7(6-13-9)4-11-8-2-3-8/h5-6,8,11H,2-4H2,1H3. The van der Waals surface area contributed by atoms with Gasteiger partial charge in [0.1, 0.15) is 0 Å². The molecule has 2 heterocycles. The highest BCUT2D eigenvalue weighted by atomic mass is 32.2. The number of aromatic nitrogens is 6. The van der Waals surface area contributed by atoms with Crippen LogP contribution in [-0.4, -0.2) is 36.2 Å². The molecule has 0 unspecified atom stereocenters. The summed E-state index contributed by atoms with van der Waals surface area (Å²) >= 11 is 1.35. The fourth-order valence-corrected chi connectivity index (χ4v) is 2.05. The van der Waals surface area contributed by atoms with E-state index in [9.17, 15) is 0 Å². The summed E-state index contributed by atoms with van der Waals surface area (Å²) in [5.41, 5.74) is 1.10. The highest BCUT2D eigenvalue weighted by Gasteiger charge is 2.20. The van der Waals surface area contributed by atoms with Crippen LogP contribution in [0.15, 0.2) is 22.7 Å². The summed E-state index contributed by atoms with van der Waals surface area (Å²) in [5.74, 6) is 0. The van der Waals surface area contributed by atoms with Gasteiger partial charge in [-0.15, -0.1) is 5.10 Å². The van der Waals surface area contributed by atoms with Crippen LogP contribution in [0.5, 0.6) is 0 Å². The number of tetrazole rings is 1. The Labute approximate surface area is 108 Å². The normalized spacial score (nSPS) is 14.9. The molecular formula is C10H13N7S. The number of hydrogen-bond acceptors (Lipinski definition) is 7. The Morgan fingerprint density at radius 2 is 2.17 bits per heavy atom. The molecule has 1 N–H and O–H groups in total. The third-order valence-corrected chi connectivity index (χ3v) is 3.54. The molecule has 0 spiro atoms. The summed E-state index contributed by atoms with van der Waals surface area (Å²) in [7, 11) is 1.79. The second-order valence-corrected chi connectivity index (χ2v) is 5.15. The molecule has 7 nitrogen and oxygen atoms in total. The number of nitrogens with zero attached hydrogens (tertiary/aromatic N) is 6. The van der Waals surface area contributed by atoms with Crippen LogP contribution < -0.4 is 5.32 Å². The third kappa shape index (κ3) is 2.82. The van der Waals surface area contributed by atoms with Gasteiger partial charge in [-0.2, -0.15) is 0 Å². The smallest absolute Gasteiger partial charge is 0.216 e. The highest BCUT2D eigenvalue weighted by Crippen LogP contribution is 2.21. The van der Waals surface area contributed by atoms with Crippen LogP contribution in [0.2, 0.25) is 0 Å². The second kappa shape index (κ2) is 4.99. The molecule has 0 bridgehead atoms. The Morgan fingerprint density at radius 3 is 2.78 bits per heavy atom. The number of nitrogens with one attached hydrogen (secondary N) is 1. The van der Waals surface area contributed by atoms with E-state index in [-0.39, 0.29) is 0 Å². The molecule has 2 aromatic rings. The van der Waals surface area contributed by atoms with Gasteiger partial charge in [-0.25, -0.2) is 14.6 Å². The van der Waals surface area contributed by atoms with Crippen LogP contribution in [0.25, 0.3) is 0 Å². The molecule has 3 rings (SSSR count). The molecular weight excluding hydrogens is 250 g/mol. The first-order valence-corrected chi connectivity index (χ1v) is 6.57. The van der Waals surface area contributed by atoms with E-state index < -0.39 is 0 Å². The van der Waals surface area contributed by atoms with Gasteiger partial charge in [0, 0.05) is 37.6 Å². The SMILES string of the molecule is Cn1nnnc1Sc1ncc(CNC2CC2)cn1. The maximum absolute atomic E-state index is 4.30. The van der Waals surface area contributed by atoms with Gasteiger partial charge in [-0.3, -0.25) is 0 Å². The molecule has 94 valence electrons. The quantitative estimate of drug-likeness (QED) is 0.782. The van der Waals surface area contributed by atoms with Crippen LogP contribution in [0, 0.1) is 0 Å². The second-order valence-electron chi connectivity index (χ2n) is 4.22. The van der Waals surface area contributed by atoms with E-state index in [4.69, 9.17) is 0 Å². The number of aryl methyl sites for hydroxylation is 1. The molecule has 1 aliphatic carbocycles. The van der Waals surface area contributed by atoms with Crippen molar-refractivity contribution in [1.82, 2.24) is 35.5 Å². The summed E-state index contributed by atoms with van der Waals surface area (Å²) < 4.78 is 1.59. The summed E-state index contributed by atoms with van der Waals surface area (Å²) in [6.45, 7) is 0.834. The molecule has 2 aromatic heterocycles. The summed E-state index contributed by atoms with van der Waals surface area (Å²) in [6, 6.07) is 0.698. The molecule has 0 aliphatic heterocycles. The van der Waals surface area contributed by atoms with Gasteiger partial charge in [0.05, 0.1) is 0 Å². The van der Waals surface area contributed by atoms with Gasteiger partial charge in [0.25, 0.3) is 0 Å². The molecule has 1 saturated carbocycles. The van der Waals surface area contributed by atoms with E-state index in [2.05, 4.69) is 30.8 Å². The summed E-state index contributed by atoms with van der Waals surface area (Å²) in [6.07, 6.45) is 6.25. The first-order valence-electron chi connectivity index (χ1n) is 5.76. The van der Waals surface area contributed by atoms with E-state index in [0.29, 0.717) is 16.4 Å². The van der Waals surface area contributed by atoms with Gasteiger partial charge in [-0.1, -0.05) is 0 Å². The zero-order chi connectivity index (χ0) is 12.4. The monoisotopic (exact) mass is 263 g/mol. The van der Waals surface area contributed by atoms with E-state index in [0.717, 1.165) is 12.1 Å². The van der Waals surface area contributed by atoms with E-state index in [1.807, 2.05) is 12.4 Å². The van der Waals surface area contributed by atoms with Gasteiger partial charge < -0.3 is 5.32 Å². The lowest BCUT2D eigenvalue weighted by molar-refractivity contribution is 0.662. The van der Waals surface area contributed by atoms with Crippen molar-refractivity contribution in [3.8, 4) is 0 Å². The van der Waals surface area contributed by atoms with Crippen molar-refractivity contribution in [3.05, 3.63) is 18.0 Å². The lowest BCUT2D eigenvalue weighted by atomic mass is 10.3. The Hall–Kier alpha value is -1.54. The lowest BCUT2D eigenvalue weighted by Gasteiger charge is -2.02. The number of rotatable bonds is 5. The molecule has 0 radical (unpaired) electrons. The molecule has 1 aliphatic rings. The van der Waals surface area contributed by atoms with Crippen LogP contribution in [-0.2, 0) is 13.6 Å². The van der Waals surface area contributed by atoms with E-state index in [1.165, 1.54) is 24.6 Å². The van der Waals surface area contributed by atoms with E-state index in [1.54, 1.807) is 11.7 Å². The maximum Gasteiger partial charge on any atom is 0.216 e. The first kappa shape index (κ1) is 11.5. The predicted octanol–water partition coefficient (Wildman–Crippen LogP) is 0.403. The molecule has 1 fully saturated rings. The van der Waals surface area contributed by atoms with Crippen molar-refractivity contribution < 1.29 is 0 Å². The molecule has 0 amide bonds. The van der Waals surface area contributed by atoms with Gasteiger partial charge in [0.15, 0.2) is 5.16 Å². The van der Waals surface area contributed by atoms with Crippen LogP contribution >= 0.6 is 11.8 Å². The Morgan fingerprint density at radius 1 is 1.39 bits per heavy atom. The Balaban J connectivity index is 1.61. The lowest BCUT2D eigenvalue weighted by Crippen LogP contribution is -2.15. The minimum Gasteiger partial charge on any atom is -0.310 e. The van der Waals surface area contributed by atoms with E-state index >= 15 is 0 Å². The Bertz CT molecular complexity index is 519. The Kier molecular flexibility index (Phi) is 3.20. The van der Waals surface area contributed by atoms with Crippen molar-refractivity contribution in [1.29, 1.82) is 0 Å². The molecule has 0 atom stereocenters. The van der Waals surface area contributed by atoms with Gasteiger partial charge in [0.2, 0.25) is 5.16 Å². The summed E-state index contributed by atoms with van der Waals surface area (Å²) in [4.78, 5) is 8.59. The zero-order valence-electron chi connectivity index (χ0n) is 9.94. The van der Waals surface area contributed by atoms with Crippen molar-refractivity contribution in [3.63, 3.8) is 0 Å². The fourth-order valence-electron chi connectivity index (χ4n) is 1.43. The van der Waals surface area contributed by atoms with Crippen LogP contribution in [0.3, 0.4) is 0 Å². The average Bonchev–Trinajstić information content (AvgIpc) is 3.13. The van der Waals surface area contributed by atoms with Gasteiger partial charge in [-0.05, 0) is 35.0 Å².